The second-order valence-corrected chi connectivity index (χ2v) is 6.03. The summed E-state index contributed by atoms with van der Waals surface area (Å²) in [5.74, 6) is 1.35. The Hall–Kier alpha value is -2.59. The maximum Gasteiger partial charge on any atom is 0.161 e. The van der Waals surface area contributed by atoms with Gasteiger partial charge in [-0.1, -0.05) is 36.4 Å². The maximum atomic E-state index is 11.2. The van der Waals surface area contributed by atoms with Gasteiger partial charge >= 0.3 is 0 Å². The van der Waals surface area contributed by atoms with E-state index >= 15 is 0 Å². The molecule has 0 amide bonds. The van der Waals surface area contributed by atoms with Crippen molar-refractivity contribution in [2.75, 3.05) is 14.2 Å². The number of aldehydes is 1. The number of hydrogen-bond donors (Lipinski definition) is 0. The number of carbonyl (C=O) groups is 1. The van der Waals surface area contributed by atoms with Gasteiger partial charge in [-0.25, -0.2) is 0 Å². The molecule has 116 valence electrons. The number of ether oxygens (including phenoxy) is 2. The van der Waals surface area contributed by atoms with Crippen LogP contribution in [0.3, 0.4) is 0 Å². The van der Waals surface area contributed by atoms with E-state index in [-0.39, 0.29) is 0 Å². The minimum Gasteiger partial charge on any atom is -0.493 e. The summed E-state index contributed by atoms with van der Waals surface area (Å²) in [5.41, 5.74) is 3.10. The summed E-state index contributed by atoms with van der Waals surface area (Å²) in [6.45, 7) is 0. The van der Waals surface area contributed by atoms with E-state index in [9.17, 15) is 4.79 Å². The molecule has 0 bridgehead atoms. The van der Waals surface area contributed by atoms with Gasteiger partial charge < -0.3 is 9.47 Å². The molecule has 1 aromatic heterocycles. The molecular formula is C19H16O3S. The summed E-state index contributed by atoms with van der Waals surface area (Å²) in [6.07, 6.45) is 0.890. The Morgan fingerprint density at radius 1 is 0.870 bits per heavy atom. The summed E-state index contributed by atoms with van der Waals surface area (Å²) in [5, 5.41) is 0. The molecule has 0 fully saturated rings. The highest BCUT2D eigenvalue weighted by Crippen LogP contribution is 2.41. The minimum absolute atomic E-state index is 0.669. The molecule has 0 N–H and O–H groups in total. The second-order valence-electron chi connectivity index (χ2n) is 4.95. The summed E-state index contributed by atoms with van der Waals surface area (Å²) in [4.78, 5) is 13.0. The van der Waals surface area contributed by atoms with Crippen molar-refractivity contribution in [1.82, 2.24) is 0 Å². The summed E-state index contributed by atoms with van der Waals surface area (Å²) >= 11 is 1.49. The van der Waals surface area contributed by atoms with Crippen LogP contribution in [-0.2, 0) is 0 Å². The summed E-state index contributed by atoms with van der Waals surface area (Å²) in [6, 6.07) is 17.8. The number of methoxy groups -OCH3 is 2. The zero-order valence-corrected chi connectivity index (χ0v) is 13.7. The Kier molecular flexibility index (Phi) is 4.44. The molecule has 0 saturated carbocycles. The van der Waals surface area contributed by atoms with Crippen LogP contribution >= 0.6 is 11.3 Å². The van der Waals surface area contributed by atoms with Crippen molar-refractivity contribution in [3.63, 3.8) is 0 Å². The van der Waals surface area contributed by atoms with Crippen LogP contribution in [0.4, 0.5) is 0 Å². The smallest absolute Gasteiger partial charge is 0.161 e. The zero-order valence-electron chi connectivity index (χ0n) is 12.9. The lowest BCUT2D eigenvalue weighted by Crippen LogP contribution is -1.90. The molecule has 0 aliphatic rings. The van der Waals surface area contributed by atoms with Crippen molar-refractivity contribution in [2.24, 2.45) is 0 Å². The first-order valence-corrected chi connectivity index (χ1v) is 7.95. The Labute approximate surface area is 139 Å². The maximum absolute atomic E-state index is 11.2. The predicted molar refractivity (Wildman–Crippen MR) is 93.7 cm³/mol. The van der Waals surface area contributed by atoms with E-state index < -0.39 is 0 Å². The molecule has 0 radical (unpaired) electrons. The van der Waals surface area contributed by atoms with Crippen molar-refractivity contribution in [2.45, 2.75) is 0 Å². The molecule has 0 spiro atoms. The number of benzene rings is 2. The standard InChI is InChI=1S/C19H16O3S/c1-21-17-9-8-14(10-18(17)22-2)16-11-15(12-20)23-19(16)13-6-4-3-5-7-13/h3-12H,1-2H3. The quantitative estimate of drug-likeness (QED) is 0.625. The van der Waals surface area contributed by atoms with Crippen molar-refractivity contribution in [1.29, 1.82) is 0 Å². The first-order chi connectivity index (χ1) is 11.3. The molecule has 0 saturated heterocycles. The van der Waals surface area contributed by atoms with Gasteiger partial charge in [-0.05, 0) is 29.3 Å². The Morgan fingerprint density at radius 3 is 2.26 bits per heavy atom. The van der Waals surface area contributed by atoms with E-state index in [2.05, 4.69) is 0 Å². The minimum atomic E-state index is 0.669. The molecular weight excluding hydrogens is 308 g/mol. The molecule has 23 heavy (non-hydrogen) atoms. The van der Waals surface area contributed by atoms with Gasteiger partial charge in [0, 0.05) is 10.4 Å². The lowest BCUT2D eigenvalue weighted by atomic mass is 10.0. The van der Waals surface area contributed by atoms with Crippen molar-refractivity contribution in [3.05, 3.63) is 59.5 Å². The van der Waals surface area contributed by atoms with Crippen LogP contribution in [0.25, 0.3) is 21.6 Å². The normalized spacial score (nSPS) is 10.3. The van der Waals surface area contributed by atoms with Gasteiger partial charge in [-0.2, -0.15) is 0 Å². The lowest BCUT2D eigenvalue weighted by molar-refractivity contribution is 0.112. The van der Waals surface area contributed by atoms with Gasteiger partial charge in [0.2, 0.25) is 0 Å². The van der Waals surface area contributed by atoms with E-state index in [0.717, 1.165) is 27.9 Å². The van der Waals surface area contributed by atoms with Crippen LogP contribution in [0.2, 0.25) is 0 Å². The van der Waals surface area contributed by atoms with Gasteiger partial charge in [0.05, 0.1) is 19.1 Å². The van der Waals surface area contributed by atoms with Gasteiger partial charge in [0.15, 0.2) is 17.8 Å². The number of hydrogen-bond acceptors (Lipinski definition) is 4. The zero-order chi connectivity index (χ0) is 16.2. The molecule has 4 heteroatoms. The average Bonchev–Trinajstić information content (AvgIpc) is 3.06. The highest BCUT2D eigenvalue weighted by molar-refractivity contribution is 7.17. The Morgan fingerprint density at radius 2 is 1.61 bits per heavy atom. The van der Waals surface area contributed by atoms with Crippen molar-refractivity contribution >= 4 is 17.6 Å². The van der Waals surface area contributed by atoms with Gasteiger partial charge in [-0.3, -0.25) is 4.79 Å². The monoisotopic (exact) mass is 324 g/mol. The number of rotatable bonds is 5. The van der Waals surface area contributed by atoms with Gasteiger partial charge in [-0.15, -0.1) is 11.3 Å². The fraction of sp³-hybridized carbons (Fsp3) is 0.105. The fourth-order valence-corrected chi connectivity index (χ4v) is 3.49. The van der Waals surface area contributed by atoms with Gasteiger partial charge in [0.1, 0.15) is 0 Å². The largest absolute Gasteiger partial charge is 0.493 e. The van der Waals surface area contributed by atoms with Crippen LogP contribution in [0, 0.1) is 0 Å². The lowest BCUT2D eigenvalue weighted by Gasteiger charge is -2.10. The topological polar surface area (TPSA) is 35.5 Å². The van der Waals surface area contributed by atoms with E-state index in [1.807, 2.05) is 54.6 Å². The van der Waals surface area contributed by atoms with E-state index in [4.69, 9.17) is 9.47 Å². The van der Waals surface area contributed by atoms with Crippen LogP contribution in [-0.4, -0.2) is 20.5 Å². The Bertz CT molecular complexity index is 822. The predicted octanol–water partition coefficient (Wildman–Crippen LogP) is 4.91. The van der Waals surface area contributed by atoms with Crippen LogP contribution < -0.4 is 9.47 Å². The first kappa shape index (κ1) is 15.3. The first-order valence-electron chi connectivity index (χ1n) is 7.13. The fourth-order valence-electron chi connectivity index (χ4n) is 2.49. The van der Waals surface area contributed by atoms with E-state index in [1.54, 1.807) is 14.2 Å². The molecule has 3 aromatic rings. The summed E-state index contributed by atoms with van der Waals surface area (Å²) < 4.78 is 10.7. The number of thiophene rings is 1. The van der Waals surface area contributed by atoms with Gasteiger partial charge in [0.25, 0.3) is 0 Å². The van der Waals surface area contributed by atoms with E-state index in [0.29, 0.717) is 16.4 Å². The third-order valence-electron chi connectivity index (χ3n) is 3.60. The third-order valence-corrected chi connectivity index (χ3v) is 4.71. The average molecular weight is 324 g/mol. The van der Waals surface area contributed by atoms with Crippen molar-refractivity contribution in [3.8, 4) is 33.1 Å². The third kappa shape index (κ3) is 2.98. The molecule has 3 rings (SSSR count). The molecule has 0 atom stereocenters. The molecule has 0 aliphatic heterocycles. The van der Waals surface area contributed by atoms with Crippen LogP contribution in [0.5, 0.6) is 11.5 Å². The molecule has 0 aliphatic carbocycles. The number of carbonyl (C=O) groups excluding carboxylic acids is 1. The highest BCUT2D eigenvalue weighted by atomic mass is 32.1. The van der Waals surface area contributed by atoms with Crippen LogP contribution in [0.15, 0.2) is 54.6 Å². The molecule has 0 unspecified atom stereocenters. The second kappa shape index (κ2) is 6.67. The van der Waals surface area contributed by atoms with Crippen LogP contribution in [0.1, 0.15) is 9.67 Å². The van der Waals surface area contributed by atoms with Crippen molar-refractivity contribution < 1.29 is 14.3 Å². The molecule has 2 aromatic carbocycles. The highest BCUT2D eigenvalue weighted by Gasteiger charge is 2.14. The summed E-state index contributed by atoms with van der Waals surface area (Å²) in [7, 11) is 3.23. The SMILES string of the molecule is COc1ccc(-c2cc(C=O)sc2-c2ccccc2)cc1OC. The molecule has 3 nitrogen and oxygen atoms in total. The van der Waals surface area contributed by atoms with E-state index in [1.165, 1.54) is 11.3 Å². The molecule has 1 heterocycles. The Balaban J connectivity index is 2.16.